The van der Waals surface area contributed by atoms with Crippen molar-refractivity contribution < 1.29 is 21.9 Å². The van der Waals surface area contributed by atoms with Gasteiger partial charge in [-0.3, -0.25) is 4.72 Å². The fraction of sp³-hybridized carbons (Fsp3) is 0.227. The summed E-state index contributed by atoms with van der Waals surface area (Å²) in [6, 6.07) is 6.11. The third-order valence-electron chi connectivity index (χ3n) is 5.40. The number of anilines is 1. The van der Waals surface area contributed by atoms with Crippen molar-refractivity contribution in [3.8, 4) is 5.75 Å². The van der Waals surface area contributed by atoms with Crippen LogP contribution in [0.1, 0.15) is 18.4 Å². The molecule has 3 aromatic rings. The first-order valence-electron chi connectivity index (χ1n) is 10.1. The molecule has 2 atom stereocenters. The highest BCUT2D eigenvalue weighted by atomic mass is 35.5. The highest BCUT2D eigenvalue weighted by Gasteiger charge is 2.28. The van der Waals surface area contributed by atoms with E-state index in [0.717, 1.165) is 17.7 Å². The highest BCUT2D eigenvalue weighted by molar-refractivity contribution is 7.92. The molecule has 0 spiro atoms. The largest absolute Gasteiger partial charge is 0.491 e. The van der Waals surface area contributed by atoms with Gasteiger partial charge in [0.05, 0.1) is 22.2 Å². The molecule has 3 N–H and O–H groups in total. The molecule has 0 radical (unpaired) electrons. The van der Waals surface area contributed by atoms with Gasteiger partial charge in [0.25, 0.3) is 10.0 Å². The summed E-state index contributed by atoms with van der Waals surface area (Å²) in [5, 5.41) is 1.39. The summed E-state index contributed by atoms with van der Waals surface area (Å²) in [6.45, 7) is 0.0274. The van der Waals surface area contributed by atoms with Gasteiger partial charge in [-0.2, -0.15) is 0 Å². The molecular formula is C22H19Cl2F2N3O3S2. The number of nitrogens with two attached hydrogens (primary N) is 1. The Hall–Kier alpha value is -2.24. The van der Waals surface area contributed by atoms with E-state index in [-0.39, 0.29) is 40.2 Å². The first-order valence-corrected chi connectivity index (χ1v) is 13.3. The van der Waals surface area contributed by atoms with Crippen LogP contribution in [0.5, 0.6) is 5.75 Å². The average Bonchev–Trinajstić information content (AvgIpc) is 3.28. The molecule has 2 aromatic carbocycles. The number of ether oxygens (including phenoxy) is 1. The summed E-state index contributed by atoms with van der Waals surface area (Å²) in [5.74, 6) is -1.88. The van der Waals surface area contributed by atoms with Crippen LogP contribution in [0.3, 0.4) is 0 Å². The topological polar surface area (TPSA) is 94.3 Å². The van der Waals surface area contributed by atoms with Crippen molar-refractivity contribution in [2.75, 3.05) is 11.3 Å². The lowest BCUT2D eigenvalue weighted by Gasteiger charge is -2.30. The van der Waals surface area contributed by atoms with Crippen LogP contribution in [0.2, 0.25) is 10.0 Å². The van der Waals surface area contributed by atoms with E-state index in [1.807, 2.05) is 6.08 Å². The third kappa shape index (κ3) is 5.36. The summed E-state index contributed by atoms with van der Waals surface area (Å²) in [4.78, 5) is 3.19. The number of nitrogens with zero attached hydrogens (tertiary/aromatic N) is 1. The van der Waals surface area contributed by atoms with Gasteiger partial charge in [0.1, 0.15) is 22.3 Å². The Morgan fingerprint density at radius 3 is 2.68 bits per heavy atom. The standard InChI is InChI=1S/C22H19Cl2F2N3O3S2/c23-15-5-4-12(6-17(15)25)13-2-1-3-19(27)14(13)9-32-20-8-18(26)21(7-16(20)24)34(30,31)29-22-10-33-11-28-22/h2,4-8,10-11,14,19,29H,1,3,9,27H2. The van der Waals surface area contributed by atoms with Crippen LogP contribution in [-0.2, 0) is 10.0 Å². The Morgan fingerprint density at radius 1 is 1.18 bits per heavy atom. The van der Waals surface area contributed by atoms with Crippen molar-refractivity contribution in [3.05, 3.63) is 74.5 Å². The molecule has 1 aliphatic rings. The van der Waals surface area contributed by atoms with Crippen LogP contribution < -0.4 is 15.2 Å². The van der Waals surface area contributed by atoms with Crippen LogP contribution >= 0.6 is 34.5 Å². The Bertz CT molecular complexity index is 1340. The lowest BCUT2D eigenvalue weighted by molar-refractivity contribution is 0.252. The van der Waals surface area contributed by atoms with Crippen LogP contribution in [0.15, 0.2) is 52.2 Å². The summed E-state index contributed by atoms with van der Waals surface area (Å²) >= 11 is 13.2. The van der Waals surface area contributed by atoms with Gasteiger partial charge in [0.15, 0.2) is 5.82 Å². The number of hydrogen-bond acceptors (Lipinski definition) is 6. The van der Waals surface area contributed by atoms with Crippen LogP contribution in [0, 0.1) is 17.6 Å². The average molecular weight is 546 g/mol. The van der Waals surface area contributed by atoms with E-state index >= 15 is 0 Å². The molecule has 34 heavy (non-hydrogen) atoms. The molecule has 1 aromatic heterocycles. The fourth-order valence-corrected chi connectivity index (χ4v) is 5.74. The maximum absolute atomic E-state index is 14.8. The molecule has 0 bridgehead atoms. The van der Waals surface area contributed by atoms with E-state index in [1.165, 1.54) is 34.4 Å². The Kier molecular flexibility index (Phi) is 7.44. The highest BCUT2D eigenvalue weighted by Crippen LogP contribution is 2.36. The molecule has 1 heterocycles. The minimum absolute atomic E-state index is 0.0128. The number of nitrogens with one attached hydrogen (secondary N) is 1. The molecule has 0 amide bonds. The monoisotopic (exact) mass is 545 g/mol. The normalized spacial score (nSPS) is 18.4. The van der Waals surface area contributed by atoms with Gasteiger partial charge in [0, 0.05) is 23.4 Å². The van der Waals surface area contributed by atoms with Gasteiger partial charge in [-0.1, -0.05) is 35.3 Å². The molecule has 0 fully saturated rings. The smallest absolute Gasteiger partial charge is 0.266 e. The molecule has 0 aliphatic heterocycles. The lowest BCUT2D eigenvalue weighted by Crippen LogP contribution is -2.37. The molecule has 6 nitrogen and oxygen atoms in total. The molecule has 0 saturated heterocycles. The molecule has 12 heteroatoms. The van der Waals surface area contributed by atoms with E-state index in [4.69, 9.17) is 33.7 Å². The predicted molar refractivity (Wildman–Crippen MR) is 130 cm³/mol. The SMILES string of the molecule is NC1CCC=C(c2ccc(Cl)c(F)c2)C1COc1cc(F)c(S(=O)(=O)Nc2cscn2)cc1Cl. The quantitative estimate of drug-likeness (QED) is 0.395. The second-order valence-electron chi connectivity index (χ2n) is 7.64. The van der Waals surface area contributed by atoms with Crippen molar-refractivity contribution in [2.24, 2.45) is 11.7 Å². The van der Waals surface area contributed by atoms with E-state index in [2.05, 4.69) is 9.71 Å². The van der Waals surface area contributed by atoms with Crippen molar-refractivity contribution >= 4 is 56.0 Å². The summed E-state index contributed by atoms with van der Waals surface area (Å²) < 4.78 is 61.8. The first-order chi connectivity index (χ1) is 16.2. The summed E-state index contributed by atoms with van der Waals surface area (Å²) in [5.41, 5.74) is 9.16. The summed E-state index contributed by atoms with van der Waals surface area (Å²) in [6.07, 6.45) is 3.36. The number of rotatable bonds is 7. The maximum atomic E-state index is 14.8. The second-order valence-corrected chi connectivity index (χ2v) is 10.8. The zero-order chi connectivity index (χ0) is 24.5. The molecule has 0 saturated carbocycles. The van der Waals surface area contributed by atoms with Crippen molar-refractivity contribution in [1.82, 2.24) is 4.98 Å². The van der Waals surface area contributed by atoms with E-state index < -0.39 is 26.6 Å². The zero-order valence-corrected chi connectivity index (χ0v) is 20.6. The molecule has 180 valence electrons. The molecule has 1 aliphatic carbocycles. The van der Waals surface area contributed by atoms with E-state index in [0.29, 0.717) is 18.4 Å². The van der Waals surface area contributed by atoms with Gasteiger partial charge in [-0.25, -0.2) is 22.2 Å². The van der Waals surface area contributed by atoms with Crippen molar-refractivity contribution in [1.29, 1.82) is 0 Å². The zero-order valence-electron chi connectivity index (χ0n) is 17.5. The number of aromatic nitrogens is 1. The van der Waals surface area contributed by atoms with E-state index in [1.54, 1.807) is 6.07 Å². The van der Waals surface area contributed by atoms with Crippen molar-refractivity contribution in [2.45, 2.75) is 23.8 Å². The number of halogens is 4. The van der Waals surface area contributed by atoms with Gasteiger partial charge >= 0.3 is 0 Å². The maximum Gasteiger partial charge on any atom is 0.266 e. The van der Waals surface area contributed by atoms with Gasteiger partial charge in [-0.05, 0) is 42.2 Å². The van der Waals surface area contributed by atoms with Crippen molar-refractivity contribution in [3.63, 3.8) is 0 Å². The van der Waals surface area contributed by atoms with Gasteiger partial charge < -0.3 is 10.5 Å². The van der Waals surface area contributed by atoms with Gasteiger partial charge in [-0.15, -0.1) is 11.3 Å². The Balaban J connectivity index is 1.55. The first kappa shape index (κ1) is 24.9. The Morgan fingerprint density at radius 2 is 1.97 bits per heavy atom. The van der Waals surface area contributed by atoms with Crippen LogP contribution in [0.4, 0.5) is 14.6 Å². The fourth-order valence-electron chi connectivity index (χ4n) is 3.70. The minimum atomic E-state index is -4.25. The van der Waals surface area contributed by atoms with Crippen LogP contribution in [0.25, 0.3) is 5.57 Å². The van der Waals surface area contributed by atoms with Gasteiger partial charge in [0.2, 0.25) is 0 Å². The molecule has 2 unspecified atom stereocenters. The lowest BCUT2D eigenvalue weighted by atomic mass is 9.81. The molecular weight excluding hydrogens is 527 g/mol. The number of hydrogen-bond donors (Lipinski definition) is 2. The number of benzene rings is 2. The van der Waals surface area contributed by atoms with Crippen LogP contribution in [-0.4, -0.2) is 26.1 Å². The predicted octanol–water partition coefficient (Wildman–Crippen LogP) is 5.73. The number of sulfonamides is 1. The van der Waals surface area contributed by atoms with E-state index in [9.17, 15) is 17.2 Å². The number of allylic oxidation sites excluding steroid dienone is 1. The summed E-state index contributed by atoms with van der Waals surface area (Å²) in [7, 11) is -4.25. The third-order valence-corrected chi connectivity index (χ3v) is 7.96. The number of thiazole rings is 1. The Labute approximate surface area is 209 Å². The molecule has 4 rings (SSSR count). The minimum Gasteiger partial charge on any atom is -0.491 e. The second kappa shape index (κ2) is 10.2.